The highest BCUT2D eigenvalue weighted by atomic mass is 35.5. The van der Waals surface area contributed by atoms with E-state index in [1.165, 1.54) is 12.4 Å². The Kier molecular flexibility index (Phi) is 3.62. The molecule has 0 saturated carbocycles. The minimum absolute atomic E-state index is 0.186. The van der Waals surface area contributed by atoms with Crippen LogP contribution in [0.3, 0.4) is 0 Å². The van der Waals surface area contributed by atoms with Gasteiger partial charge < -0.3 is 5.32 Å². The van der Waals surface area contributed by atoms with E-state index in [0.29, 0.717) is 5.82 Å². The molecule has 2 heterocycles. The molecule has 1 N–H and O–H groups in total. The zero-order valence-electron chi connectivity index (χ0n) is 8.80. The van der Waals surface area contributed by atoms with Crippen LogP contribution in [0.15, 0.2) is 36.9 Å². The number of aromatic nitrogens is 3. The molecule has 5 nitrogen and oxygen atoms in total. The second-order valence-corrected chi connectivity index (χ2v) is 3.70. The summed E-state index contributed by atoms with van der Waals surface area (Å²) in [4.78, 5) is 23.3. The summed E-state index contributed by atoms with van der Waals surface area (Å²) >= 11 is 5.65. The van der Waals surface area contributed by atoms with E-state index in [1.54, 1.807) is 18.5 Å². The van der Waals surface area contributed by atoms with Gasteiger partial charge in [0.15, 0.2) is 5.82 Å². The molecule has 0 bridgehead atoms. The quantitative estimate of drug-likeness (QED) is 0.898. The third kappa shape index (κ3) is 3.49. The lowest BCUT2D eigenvalue weighted by Gasteiger charge is -2.03. The molecule has 1 amide bonds. The summed E-state index contributed by atoms with van der Waals surface area (Å²) in [5.74, 6) is 0.154. The highest BCUT2D eigenvalue weighted by molar-refractivity contribution is 6.29. The van der Waals surface area contributed by atoms with Crippen molar-refractivity contribution in [1.29, 1.82) is 0 Å². The van der Waals surface area contributed by atoms with Crippen molar-refractivity contribution in [2.24, 2.45) is 0 Å². The number of halogens is 1. The molecule has 0 spiro atoms. The van der Waals surface area contributed by atoms with Crippen LogP contribution in [0.1, 0.15) is 5.56 Å². The van der Waals surface area contributed by atoms with Crippen LogP contribution in [0.25, 0.3) is 0 Å². The number of carbonyl (C=O) groups is 1. The van der Waals surface area contributed by atoms with Gasteiger partial charge in [0.1, 0.15) is 5.15 Å². The average Bonchev–Trinajstić information content (AvgIpc) is 2.30. The number of rotatable bonds is 3. The van der Waals surface area contributed by atoms with Gasteiger partial charge in [-0.15, -0.1) is 0 Å². The summed E-state index contributed by atoms with van der Waals surface area (Å²) in [6.07, 6.45) is 6.38. The third-order valence-corrected chi connectivity index (χ3v) is 2.14. The average molecular weight is 249 g/mol. The third-order valence-electron chi connectivity index (χ3n) is 1.96. The maximum atomic E-state index is 11.6. The Hall–Kier alpha value is -2.01. The Morgan fingerprint density at radius 1 is 1.29 bits per heavy atom. The van der Waals surface area contributed by atoms with Crippen molar-refractivity contribution in [1.82, 2.24) is 15.0 Å². The van der Waals surface area contributed by atoms with Gasteiger partial charge in [-0.25, -0.2) is 4.98 Å². The number of carbonyl (C=O) groups excluding carboxylic acids is 1. The fourth-order valence-electron chi connectivity index (χ4n) is 1.28. The van der Waals surface area contributed by atoms with E-state index >= 15 is 0 Å². The van der Waals surface area contributed by atoms with Gasteiger partial charge in [0, 0.05) is 12.4 Å². The number of anilines is 1. The summed E-state index contributed by atoms with van der Waals surface area (Å²) in [5, 5.41) is 2.85. The zero-order valence-corrected chi connectivity index (χ0v) is 9.55. The van der Waals surface area contributed by atoms with Crippen molar-refractivity contribution in [3.8, 4) is 0 Å². The van der Waals surface area contributed by atoms with Crippen molar-refractivity contribution in [2.45, 2.75) is 6.42 Å². The van der Waals surface area contributed by atoms with Crippen molar-refractivity contribution in [2.75, 3.05) is 5.32 Å². The highest BCUT2D eigenvalue weighted by Gasteiger charge is 2.05. The fourth-order valence-corrected chi connectivity index (χ4v) is 1.42. The normalized spacial score (nSPS) is 9.94. The molecule has 6 heteroatoms. The summed E-state index contributed by atoms with van der Waals surface area (Å²) in [6, 6.07) is 3.61. The van der Waals surface area contributed by atoms with Crippen LogP contribution in [-0.2, 0) is 11.2 Å². The summed E-state index contributed by atoms with van der Waals surface area (Å²) in [5.41, 5.74) is 0.833. The number of pyridine rings is 1. The largest absolute Gasteiger partial charge is 0.309 e. The standard InChI is InChI=1S/C11H9ClN4O/c12-9-6-14-7-10(15-9)16-11(17)4-8-2-1-3-13-5-8/h1-3,5-7H,4H2,(H,15,16,17). The second-order valence-electron chi connectivity index (χ2n) is 3.31. The molecule has 2 aromatic heterocycles. The van der Waals surface area contributed by atoms with E-state index in [-0.39, 0.29) is 17.5 Å². The Morgan fingerprint density at radius 3 is 2.88 bits per heavy atom. The first kappa shape index (κ1) is 11.5. The predicted molar refractivity (Wildman–Crippen MR) is 63.6 cm³/mol. The van der Waals surface area contributed by atoms with Gasteiger partial charge in [-0.1, -0.05) is 17.7 Å². The summed E-state index contributed by atoms with van der Waals surface area (Å²) in [7, 11) is 0. The van der Waals surface area contributed by atoms with Gasteiger partial charge in [-0.2, -0.15) is 0 Å². The number of hydrogen-bond acceptors (Lipinski definition) is 4. The molecule has 2 rings (SSSR count). The van der Waals surface area contributed by atoms with Crippen LogP contribution in [-0.4, -0.2) is 20.9 Å². The van der Waals surface area contributed by atoms with Crippen molar-refractivity contribution in [3.05, 3.63) is 47.6 Å². The molecule has 0 aliphatic rings. The van der Waals surface area contributed by atoms with E-state index < -0.39 is 0 Å². The Labute approximate surface area is 103 Å². The maximum Gasteiger partial charge on any atom is 0.230 e. The first-order valence-corrected chi connectivity index (χ1v) is 5.28. The SMILES string of the molecule is O=C(Cc1cccnc1)Nc1cncc(Cl)n1. The smallest absolute Gasteiger partial charge is 0.230 e. The summed E-state index contributed by atoms with van der Waals surface area (Å²) < 4.78 is 0. The number of amides is 1. The molecule has 86 valence electrons. The second kappa shape index (κ2) is 5.36. The van der Waals surface area contributed by atoms with Crippen LogP contribution >= 0.6 is 11.6 Å². The molecular weight excluding hydrogens is 240 g/mol. The van der Waals surface area contributed by atoms with Crippen LogP contribution < -0.4 is 5.32 Å². The van der Waals surface area contributed by atoms with Crippen molar-refractivity contribution >= 4 is 23.3 Å². The van der Waals surface area contributed by atoms with Crippen LogP contribution in [0.5, 0.6) is 0 Å². The van der Waals surface area contributed by atoms with E-state index in [1.807, 2.05) is 6.07 Å². The Balaban J connectivity index is 1.98. The topological polar surface area (TPSA) is 67.8 Å². The van der Waals surface area contributed by atoms with Crippen LogP contribution in [0.2, 0.25) is 5.15 Å². The first-order valence-electron chi connectivity index (χ1n) is 4.90. The van der Waals surface area contributed by atoms with Crippen molar-refractivity contribution in [3.63, 3.8) is 0 Å². The maximum absolute atomic E-state index is 11.6. The Bertz CT molecular complexity index is 518. The minimum atomic E-state index is -0.186. The molecule has 0 radical (unpaired) electrons. The van der Waals surface area contributed by atoms with Crippen LogP contribution in [0, 0.1) is 0 Å². The lowest BCUT2D eigenvalue weighted by Crippen LogP contribution is -2.15. The fraction of sp³-hybridized carbons (Fsp3) is 0.0909. The van der Waals surface area contributed by atoms with E-state index in [0.717, 1.165) is 5.56 Å². The Morgan fingerprint density at radius 2 is 2.18 bits per heavy atom. The van der Waals surface area contributed by atoms with E-state index in [9.17, 15) is 4.79 Å². The number of nitrogens with zero attached hydrogens (tertiary/aromatic N) is 3. The minimum Gasteiger partial charge on any atom is -0.309 e. The molecule has 0 aliphatic carbocycles. The van der Waals surface area contributed by atoms with E-state index in [4.69, 9.17) is 11.6 Å². The van der Waals surface area contributed by atoms with E-state index in [2.05, 4.69) is 20.3 Å². The lowest BCUT2D eigenvalue weighted by atomic mass is 10.2. The number of hydrogen-bond donors (Lipinski definition) is 1. The zero-order chi connectivity index (χ0) is 12.1. The van der Waals surface area contributed by atoms with Gasteiger partial charge in [0.05, 0.1) is 18.8 Å². The van der Waals surface area contributed by atoms with Gasteiger partial charge in [0.2, 0.25) is 5.91 Å². The highest BCUT2D eigenvalue weighted by Crippen LogP contribution is 2.07. The van der Waals surface area contributed by atoms with Gasteiger partial charge in [-0.05, 0) is 11.6 Å². The monoisotopic (exact) mass is 248 g/mol. The molecule has 0 aliphatic heterocycles. The van der Waals surface area contributed by atoms with Gasteiger partial charge in [-0.3, -0.25) is 14.8 Å². The van der Waals surface area contributed by atoms with Crippen molar-refractivity contribution < 1.29 is 4.79 Å². The number of nitrogens with one attached hydrogen (secondary N) is 1. The molecule has 0 atom stereocenters. The first-order chi connectivity index (χ1) is 8.24. The molecule has 0 aromatic carbocycles. The van der Waals surface area contributed by atoms with Crippen LogP contribution in [0.4, 0.5) is 5.82 Å². The summed E-state index contributed by atoms with van der Waals surface area (Å²) in [6.45, 7) is 0. The van der Waals surface area contributed by atoms with Gasteiger partial charge in [0.25, 0.3) is 0 Å². The molecule has 2 aromatic rings. The molecular formula is C11H9ClN4O. The predicted octanol–water partition coefficient (Wildman–Crippen LogP) is 1.71. The molecule has 0 unspecified atom stereocenters. The lowest BCUT2D eigenvalue weighted by molar-refractivity contribution is -0.115. The molecule has 17 heavy (non-hydrogen) atoms. The van der Waals surface area contributed by atoms with Gasteiger partial charge >= 0.3 is 0 Å². The molecule has 0 saturated heterocycles. The molecule has 0 fully saturated rings.